The summed E-state index contributed by atoms with van der Waals surface area (Å²) in [6.07, 6.45) is 39.6. The minimum absolute atomic E-state index is 0.753. The van der Waals surface area contributed by atoms with E-state index in [-0.39, 0.29) is 0 Å². The molecule has 0 atom stereocenters. The van der Waals surface area contributed by atoms with Crippen LogP contribution >= 0.6 is 22.6 Å². The van der Waals surface area contributed by atoms with E-state index < -0.39 is 0 Å². The highest BCUT2D eigenvalue weighted by Gasteiger charge is 2.06. The standard InChI is InChI=1S/C66H89IO3/c1-4-7-10-13-16-19-22-25-28-31-52-68-63-46-37-57(38-47-63)34-43-60-55-62(45-36-59-41-50-65(51-42-59)70-54-33-30-27-24-21-18-15-12-9-6-3)66(67)56-61(60)44-35-58-39-48-64(49-40-58)69-53-32-29-26-23-20-17-14-11-8-5-2/h37-42,46-51,55-56H,4-33,52-54H2,1-3H3. The Balaban J connectivity index is 1.34. The molecule has 70 heavy (non-hydrogen) atoms. The van der Waals surface area contributed by atoms with Gasteiger partial charge in [0.1, 0.15) is 17.2 Å². The van der Waals surface area contributed by atoms with Gasteiger partial charge in [-0.25, -0.2) is 0 Å². The topological polar surface area (TPSA) is 27.7 Å². The molecule has 0 bridgehead atoms. The molecular weight excluding hydrogens is 968 g/mol. The molecule has 0 aliphatic heterocycles. The lowest BCUT2D eigenvalue weighted by molar-refractivity contribution is 0.304. The maximum absolute atomic E-state index is 6.10. The van der Waals surface area contributed by atoms with Gasteiger partial charge in [-0.3, -0.25) is 0 Å². The zero-order valence-corrected chi connectivity index (χ0v) is 46.2. The van der Waals surface area contributed by atoms with Gasteiger partial charge in [0.25, 0.3) is 0 Å². The second-order valence-corrected chi connectivity index (χ2v) is 20.5. The Bertz CT molecular complexity index is 2140. The highest BCUT2D eigenvalue weighted by atomic mass is 127. The molecule has 0 radical (unpaired) electrons. The van der Waals surface area contributed by atoms with E-state index >= 15 is 0 Å². The Morgan fingerprint density at radius 3 is 0.814 bits per heavy atom. The number of unbranched alkanes of at least 4 members (excludes halogenated alkanes) is 27. The molecular formula is C66H89IO3. The molecule has 4 aromatic carbocycles. The van der Waals surface area contributed by atoms with Crippen molar-refractivity contribution in [1.29, 1.82) is 0 Å². The third-order valence-electron chi connectivity index (χ3n) is 13.0. The van der Waals surface area contributed by atoms with Crippen LogP contribution in [0.4, 0.5) is 0 Å². The van der Waals surface area contributed by atoms with Crippen molar-refractivity contribution in [3.05, 3.63) is 122 Å². The summed E-state index contributed by atoms with van der Waals surface area (Å²) in [6.45, 7) is 9.11. The minimum atomic E-state index is 0.753. The second kappa shape index (κ2) is 39.3. The molecule has 0 spiro atoms. The summed E-state index contributed by atoms with van der Waals surface area (Å²) in [7, 11) is 0. The average molecular weight is 1060 g/mol. The number of rotatable bonds is 36. The highest BCUT2D eigenvalue weighted by Crippen LogP contribution is 2.21. The lowest BCUT2D eigenvalue weighted by atomic mass is 10.0. The SMILES string of the molecule is CCCCCCCCCCCCOc1ccc(C#Cc2cc(C#Cc3ccc(OCCCCCCCCCCCC)cc3)c(C#Cc3ccc(OCCCCCCCCCCCC)cc3)cc2I)cc1. The van der Waals surface area contributed by atoms with Crippen LogP contribution in [0.1, 0.15) is 247 Å². The van der Waals surface area contributed by atoms with E-state index in [9.17, 15) is 0 Å². The van der Waals surface area contributed by atoms with Crippen LogP contribution < -0.4 is 14.2 Å². The molecule has 0 unspecified atom stereocenters. The zero-order chi connectivity index (χ0) is 49.4. The van der Waals surface area contributed by atoms with Gasteiger partial charge >= 0.3 is 0 Å². The maximum atomic E-state index is 6.10. The van der Waals surface area contributed by atoms with Gasteiger partial charge in [0.05, 0.1) is 19.8 Å². The monoisotopic (exact) mass is 1060 g/mol. The molecule has 0 amide bonds. The number of hydrogen-bond acceptors (Lipinski definition) is 3. The molecule has 3 nitrogen and oxygen atoms in total. The fourth-order valence-electron chi connectivity index (χ4n) is 8.54. The smallest absolute Gasteiger partial charge is 0.119 e. The molecule has 0 fully saturated rings. The Hall–Kier alpha value is -4.31. The molecule has 0 heterocycles. The van der Waals surface area contributed by atoms with Crippen molar-refractivity contribution in [2.45, 2.75) is 213 Å². The van der Waals surface area contributed by atoms with Crippen LogP contribution in [0.25, 0.3) is 0 Å². The van der Waals surface area contributed by atoms with Gasteiger partial charge in [0.15, 0.2) is 0 Å². The Labute approximate surface area is 442 Å². The van der Waals surface area contributed by atoms with E-state index in [0.717, 1.165) is 93.3 Å². The highest BCUT2D eigenvalue weighted by molar-refractivity contribution is 14.1. The van der Waals surface area contributed by atoms with E-state index in [4.69, 9.17) is 14.2 Å². The quantitative estimate of drug-likeness (QED) is 0.0258. The van der Waals surface area contributed by atoms with Crippen LogP contribution in [0.5, 0.6) is 17.2 Å². The maximum Gasteiger partial charge on any atom is 0.119 e. The van der Waals surface area contributed by atoms with Gasteiger partial charge in [-0.15, -0.1) is 0 Å². The molecule has 4 rings (SSSR count). The molecule has 0 N–H and O–H groups in total. The van der Waals surface area contributed by atoms with Crippen molar-refractivity contribution in [1.82, 2.24) is 0 Å². The van der Waals surface area contributed by atoms with Crippen molar-refractivity contribution >= 4 is 22.6 Å². The Morgan fingerprint density at radius 2 is 0.529 bits per heavy atom. The lowest BCUT2D eigenvalue weighted by Crippen LogP contribution is -1.97. The summed E-state index contributed by atoms with van der Waals surface area (Å²) in [4.78, 5) is 0. The van der Waals surface area contributed by atoms with Gasteiger partial charge in [0.2, 0.25) is 0 Å². The van der Waals surface area contributed by atoms with Gasteiger partial charge < -0.3 is 14.2 Å². The van der Waals surface area contributed by atoms with Crippen LogP contribution in [-0.4, -0.2) is 19.8 Å². The van der Waals surface area contributed by atoms with Crippen LogP contribution in [0, 0.1) is 39.1 Å². The fraction of sp³-hybridized carbons (Fsp3) is 0.545. The summed E-state index contributed by atoms with van der Waals surface area (Å²) in [5.41, 5.74) is 5.48. The van der Waals surface area contributed by atoms with Crippen molar-refractivity contribution in [2.75, 3.05) is 19.8 Å². The predicted octanol–water partition coefficient (Wildman–Crippen LogP) is 19.4. The Morgan fingerprint density at radius 1 is 0.286 bits per heavy atom. The van der Waals surface area contributed by atoms with Gasteiger partial charge in [0, 0.05) is 37.0 Å². The normalized spacial score (nSPS) is 10.7. The van der Waals surface area contributed by atoms with Crippen LogP contribution in [0.2, 0.25) is 0 Å². The van der Waals surface area contributed by atoms with E-state index in [1.54, 1.807) is 0 Å². The van der Waals surface area contributed by atoms with Crippen LogP contribution in [0.15, 0.2) is 84.9 Å². The molecule has 0 aliphatic rings. The molecule has 0 aliphatic carbocycles. The summed E-state index contributed by atoms with van der Waals surface area (Å²) >= 11 is 2.38. The molecule has 0 saturated carbocycles. The largest absolute Gasteiger partial charge is 0.494 e. The lowest BCUT2D eigenvalue weighted by Gasteiger charge is -2.07. The zero-order valence-electron chi connectivity index (χ0n) is 44.0. The van der Waals surface area contributed by atoms with E-state index in [1.807, 2.05) is 72.8 Å². The number of benzene rings is 4. The summed E-state index contributed by atoms with van der Waals surface area (Å²) in [5.74, 6) is 23.2. The van der Waals surface area contributed by atoms with Crippen molar-refractivity contribution in [3.8, 4) is 52.8 Å². The fourth-order valence-corrected chi connectivity index (χ4v) is 9.14. The summed E-state index contributed by atoms with van der Waals surface area (Å²) in [6, 6.07) is 28.7. The Kier molecular flexibility index (Phi) is 32.7. The first-order chi connectivity index (χ1) is 34.6. The van der Waals surface area contributed by atoms with Crippen molar-refractivity contribution < 1.29 is 14.2 Å². The third kappa shape index (κ3) is 27.3. The molecule has 0 aromatic heterocycles. The van der Waals surface area contributed by atoms with E-state index in [2.05, 4.69) is 91.0 Å². The first-order valence-corrected chi connectivity index (χ1v) is 29.2. The molecule has 4 heteroatoms. The van der Waals surface area contributed by atoms with Gasteiger partial charge in [-0.1, -0.05) is 230 Å². The first-order valence-electron chi connectivity index (χ1n) is 28.2. The van der Waals surface area contributed by atoms with Crippen molar-refractivity contribution in [2.24, 2.45) is 0 Å². The van der Waals surface area contributed by atoms with E-state index in [0.29, 0.717) is 0 Å². The average Bonchev–Trinajstić information content (AvgIpc) is 3.38. The molecule has 4 aromatic rings. The van der Waals surface area contributed by atoms with Crippen LogP contribution in [-0.2, 0) is 0 Å². The van der Waals surface area contributed by atoms with Gasteiger partial charge in [-0.05, 0) is 127 Å². The number of ether oxygens (including phenoxy) is 3. The summed E-state index contributed by atoms with van der Waals surface area (Å²) in [5, 5.41) is 0. The molecule has 378 valence electrons. The second-order valence-electron chi connectivity index (χ2n) is 19.3. The summed E-state index contributed by atoms with van der Waals surface area (Å²) < 4.78 is 19.3. The van der Waals surface area contributed by atoms with Gasteiger partial charge in [-0.2, -0.15) is 0 Å². The number of hydrogen-bond donors (Lipinski definition) is 0. The number of halogens is 1. The van der Waals surface area contributed by atoms with E-state index in [1.165, 1.54) is 173 Å². The predicted molar refractivity (Wildman–Crippen MR) is 308 cm³/mol. The molecule has 0 saturated heterocycles. The van der Waals surface area contributed by atoms with Crippen LogP contribution in [0.3, 0.4) is 0 Å². The minimum Gasteiger partial charge on any atom is -0.494 e. The van der Waals surface area contributed by atoms with Crippen molar-refractivity contribution in [3.63, 3.8) is 0 Å². The third-order valence-corrected chi connectivity index (χ3v) is 13.9. The first kappa shape index (κ1) is 58.3.